The summed E-state index contributed by atoms with van der Waals surface area (Å²) < 4.78 is 0. The third-order valence-electron chi connectivity index (χ3n) is 3.38. The van der Waals surface area contributed by atoms with Crippen molar-refractivity contribution in [1.29, 1.82) is 10.7 Å². The van der Waals surface area contributed by atoms with Crippen LogP contribution in [-0.2, 0) is 0 Å². The van der Waals surface area contributed by atoms with Crippen molar-refractivity contribution in [2.45, 2.75) is 0 Å². The molecular weight excluding hydrogens is 357 g/mol. The predicted molar refractivity (Wildman–Crippen MR) is 98.9 cm³/mol. The Morgan fingerprint density at radius 2 is 1.84 bits per heavy atom. The van der Waals surface area contributed by atoms with Gasteiger partial charge >= 0.3 is 0 Å². The van der Waals surface area contributed by atoms with Gasteiger partial charge in [0.05, 0.1) is 28.1 Å². The van der Waals surface area contributed by atoms with Gasteiger partial charge < -0.3 is 5.32 Å². The number of halogens is 2. The summed E-state index contributed by atoms with van der Waals surface area (Å²) in [5, 5.41) is 21.1. The van der Waals surface area contributed by atoms with E-state index in [1.807, 2.05) is 0 Å². The number of nitrogens with zero attached hydrogens (tertiary/aromatic N) is 3. The van der Waals surface area contributed by atoms with Gasteiger partial charge in [0.15, 0.2) is 0 Å². The maximum atomic E-state index is 8.83. The normalized spacial score (nSPS) is 10.1. The molecule has 0 fully saturated rings. The highest BCUT2D eigenvalue weighted by molar-refractivity contribution is 6.37. The summed E-state index contributed by atoms with van der Waals surface area (Å²) in [6.07, 6.45) is 1.56. The van der Waals surface area contributed by atoms with Crippen LogP contribution in [0.4, 0.5) is 11.6 Å². The fourth-order valence-corrected chi connectivity index (χ4v) is 2.65. The summed E-state index contributed by atoms with van der Waals surface area (Å²) in [6.45, 7) is 0. The minimum absolute atomic E-state index is 0.173. The Balaban J connectivity index is 1.85. The molecule has 0 radical (unpaired) electrons. The van der Waals surface area contributed by atoms with Crippen LogP contribution >= 0.6 is 23.2 Å². The predicted octanol–water partition coefficient (Wildman–Crippen LogP) is 4.81. The highest BCUT2D eigenvalue weighted by Gasteiger charge is 2.12. The van der Waals surface area contributed by atoms with Gasteiger partial charge in [-0.2, -0.15) is 5.26 Å². The number of aromatic nitrogens is 2. The highest BCUT2D eigenvalue weighted by atomic mass is 35.5. The number of anilines is 2. The minimum Gasteiger partial charge on any atom is -0.324 e. The van der Waals surface area contributed by atoms with Crippen LogP contribution in [-0.4, -0.2) is 15.7 Å². The number of hydrogen-bond acceptors (Lipinski definition) is 5. The first-order valence-electron chi connectivity index (χ1n) is 7.21. The summed E-state index contributed by atoms with van der Waals surface area (Å²) >= 11 is 12.1. The molecule has 3 aromatic rings. The average Bonchev–Trinajstić information content (AvgIpc) is 2.62. The van der Waals surface area contributed by atoms with Crippen LogP contribution in [0.15, 0.2) is 54.7 Å². The molecule has 0 aliphatic heterocycles. The number of benzene rings is 2. The summed E-state index contributed by atoms with van der Waals surface area (Å²) in [6, 6.07) is 15.6. The molecule has 3 rings (SSSR count). The molecule has 122 valence electrons. The maximum absolute atomic E-state index is 8.83. The lowest BCUT2D eigenvalue weighted by atomic mass is 10.1. The van der Waals surface area contributed by atoms with Crippen LogP contribution in [0.5, 0.6) is 0 Å². The van der Waals surface area contributed by atoms with Crippen molar-refractivity contribution in [3.63, 3.8) is 0 Å². The van der Waals surface area contributed by atoms with E-state index < -0.39 is 0 Å². The third-order valence-corrected chi connectivity index (χ3v) is 3.93. The van der Waals surface area contributed by atoms with E-state index in [0.29, 0.717) is 32.8 Å². The molecule has 0 bridgehead atoms. The van der Waals surface area contributed by atoms with E-state index in [2.05, 4.69) is 21.4 Å². The topological polar surface area (TPSA) is 85.5 Å². The fourth-order valence-electron chi connectivity index (χ4n) is 2.15. The molecule has 5 nitrogen and oxygen atoms in total. The zero-order valence-electron chi connectivity index (χ0n) is 12.8. The number of nitrogens with one attached hydrogen (secondary N) is 2. The van der Waals surface area contributed by atoms with Gasteiger partial charge in [-0.05, 0) is 48.5 Å². The van der Waals surface area contributed by atoms with Gasteiger partial charge in [-0.1, -0.05) is 23.2 Å². The van der Waals surface area contributed by atoms with Gasteiger partial charge in [0.25, 0.3) is 0 Å². The van der Waals surface area contributed by atoms with Gasteiger partial charge in [0, 0.05) is 22.5 Å². The van der Waals surface area contributed by atoms with E-state index in [1.165, 1.54) is 0 Å². The van der Waals surface area contributed by atoms with Crippen LogP contribution < -0.4 is 5.32 Å². The lowest BCUT2D eigenvalue weighted by Gasteiger charge is -2.09. The molecule has 0 saturated heterocycles. The molecule has 0 spiro atoms. The lowest BCUT2D eigenvalue weighted by Crippen LogP contribution is -2.07. The van der Waals surface area contributed by atoms with E-state index in [9.17, 15) is 0 Å². The molecule has 0 saturated carbocycles. The van der Waals surface area contributed by atoms with Gasteiger partial charge in [0.1, 0.15) is 0 Å². The third kappa shape index (κ3) is 3.94. The molecule has 1 heterocycles. The molecule has 0 atom stereocenters. The Kier molecular flexibility index (Phi) is 4.94. The van der Waals surface area contributed by atoms with E-state index in [4.69, 9.17) is 33.9 Å². The molecule has 1 aromatic heterocycles. The smallest absolute Gasteiger partial charge is 0.227 e. The van der Waals surface area contributed by atoms with E-state index in [1.54, 1.807) is 54.7 Å². The van der Waals surface area contributed by atoms with Crippen LogP contribution in [0.1, 0.15) is 16.8 Å². The lowest BCUT2D eigenvalue weighted by molar-refractivity contribution is 1.14. The Hall–Kier alpha value is -2.94. The van der Waals surface area contributed by atoms with Crippen LogP contribution in [0.25, 0.3) is 0 Å². The standard InChI is InChI=1S/C18H11Cl2N5/c19-12-3-6-14(15(20)9-12)17(22)16-7-8-23-18(25-16)24-13-4-1-11(10-21)2-5-13/h1-9,22H,(H,23,24,25). The van der Waals surface area contributed by atoms with Gasteiger partial charge in [-0.3, -0.25) is 5.41 Å². The molecule has 7 heteroatoms. The summed E-state index contributed by atoms with van der Waals surface area (Å²) in [5.41, 5.74) is 2.45. The van der Waals surface area contributed by atoms with E-state index in [-0.39, 0.29) is 5.71 Å². The Morgan fingerprint density at radius 3 is 2.52 bits per heavy atom. The monoisotopic (exact) mass is 367 g/mol. The Labute approximate surface area is 154 Å². The summed E-state index contributed by atoms with van der Waals surface area (Å²) in [7, 11) is 0. The van der Waals surface area contributed by atoms with Crippen molar-refractivity contribution < 1.29 is 0 Å². The highest BCUT2D eigenvalue weighted by Crippen LogP contribution is 2.23. The maximum Gasteiger partial charge on any atom is 0.227 e. The van der Waals surface area contributed by atoms with Crippen molar-refractivity contribution in [2.75, 3.05) is 5.32 Å². The second-order valence-electron chi connectivity index (χ2n) is 5.08. The minimum atomic E-state index is 0.173. The SMILES string of the molecule is N#Cc1ccc(Nc2nccc(C(=N)c3ccc(Cl)cc3Cl)n2)cc1. The van der Waals surface area contributed by atoms with Crippen LogP contribution in [0.3, 0.4) is 0 Å². The van der Waals surface area contributed by atoms with Gasteiger partial charge in [-0.15, -0.1) is 0 Å². The quantitative estimate of drug-likeness (QED) is 0.647. The molecule has 0 amide bonds. The first-order valence-corrected chi connectivity index (χ1v) is 7.97. The average molecular weight is 368 g/mol. The first-order chi connectivity index (χ1) is 12.1. The molecular formula is C18H11Cl2N5. The largest absolute Gasteiger partial charge is 0.324 e. The van der Waals surface area contributed by atoms with Crippen molar-refractivity contribution in [3.8, 4) is 6.07 Å². The van der Waals surface area contributed by atoms with Crippen molar-refractivity contribution in [1.82, 2.24) is 9.97 Å². The number of nitriles is 1. The van der Waals surface area contributed by atoms with Crippen molar-refractivity contribution in [2.24, 2.45) is 0 Å². The second-order valence-corrected chi connectivity index (χ2v) is 5.92. The van der Waals surface area contributed by atoms with Crippen LogP contribution in [0.2, 0.25) is 10.0 Å². The molecule has 2 N–H and O–H groups in total. The van der Waals surface area contributed by atoms with Crippen molar-refractivity contribution >= 4 is 40.5 Å². The Morgan fingerprint density at radius 1 is 1.08 bits per heavy atom. The van der Waals surface area contributed by atoms with E-state index >= 15 is 0 Å². The van der Waals surface area contributed by atoms with Gasteiger partial charge in [-0.25, -0.2) is 9.97 Å². The van der Waals surface area contributed by atoms with Crippen molar-refractivity contribution in [3.05, 3.63) is 81.6 Å². The fraction of sp³-hybridized carbons (Fsp3) is 0. The van der Waals surface area contributed by atoms with Gasteiger partial charge in [0.2, 0.25) is 5.95 Å². The Bertz CT molecular complexity index is 978. The molecule has 0 aliphatic rings. The van der Waals surface area contributed by atoms with E-state index in [0.717, 1.165) is 5.69 Å². The molecule has 0 aliphatic carbocycles. The first kappa shape index (κ1) is 16.9. The van der Waals surface area contributed by atoms with Crippen LogP contribution in [0, 0.1) is 16.7 Å². The summed E-state index contributed by atoms with van der Waals surface area (Å²) in [4.78, 5) is 8.50. The number of rotatable bonds is 4. The second kappa shape index (κ2) is 7.31. The molecule has 0 unspecified atom stereocenters. The number of hydrogen-bond donors (Lipinski definition) is 2. The zero-order valence-corrected chi connectivity index (χ0v) is 14.3. The summed E-state index contributed by atoms with van der Waals surface area (Å²) in [5.74, 6) is 0.344. The zero-order chi connectivity index (χ0) is 17.8. The molecule has 2 aromatic carbocycles. The molecule has 25 heavy (non-hydrogen) atoms.